The van der Waals surface area contributed by atoms with Crippen LogP contribution < -0.4 is 5.43 Å². The highest BCUT2D eigenvalue weighted by Crippen LogP contribution is 2.37. The number of hydrogen-bond acceptors (Lipinski definition) is 4. The van der Waals surface area contributed by atoms with Crippen LogP contribution in [0.25, 0.3) is 10.2 Å². The van der Waals surface area contributed by atoms with Crippen molar-refractivity contribution >= 4 is 32.9 Å². The van der Waals surface area contributed by atoms with Gasteiger partial charge >= 0.3 is 0 Å². The van der Waals surface area contributed by atoms with E-state index in [1.54, 1.807) is 11.3 Å². The monoisotopic (exact) mass is 377 g/mol. The van der Waals surface area contributed by atoms with Gasteiger partial charge in [0.1, 0.15) is 0 Å². The minimum absolute atomic E-state index is 0.712. The fraction of sp³-hybridized carbons (Fsp3) is 0.391. The van der Waals surface area contributed by atoms with Gasteiger partial charge in [0.2, 0.25) is 5.13 Å². The lowest BCUT2D eigenvalue weighted by molar-refractivity contribution is 0.308. The maximum absolute atomic E-state index is 4.55. The van der Waals surface area contributed by atoms with Crippen LogP contribution >= 0.6 is 11.3 Å². The summed E-state index contributed by atoms with van der Waals surface area (Å²) in [5.74, 6) is 1.66. The quantitative estimate of drug-likeness (QED) is 0.378. The first-order valence-corrected chi connectivity index (χ1v) is 10.9. The van der Waals surface area contributed by atoms with E-state index in [1.165, 1.54) is 48.8 Å². The zero-order valence-electron chi connectivity index (χ0n) is 15.9. The molecule has 0 spiro atoms. The van der Waals surface area contributed by atoms with Gasteiger partial charge in [0, 0.05) is 0 Å². The molecule has 1 fully saturated rings. The van der Waals surface area contributed by atoms with Gasteiger partial charge in [0.05, 0.1) is 16.4 Å². The van der Waals surface area contributed by atoms with Crippen LogP contribution in [-0.4, -0.2) is 11.2 Å². The number of rotatable bonds is 6. The maximum atomic E-state index is 4.55. The van der Waals surface area contributed by atoms with Crippen LogP contribution in [0.1, 0.15) is 62.5 Å². The molecule has 4 heteroatoms. The van der Waals surface area contributed by atoms with Gasteiger partial charge in [-0.15, -0.1) is 0 Å². The largest absolute Gasteiger partial charge is 0.253 e. The normalized spacial score (nSPS) is 20.3. The summed E-state index contributed by atoms with van der Waals surface area (Å²) in [6.07, 6.45) is 10.1. The summed E-state index contributed by atoms with van der Waals surface area (Å²) in [5, 5.41) is 5.23. The second-order valence-electron chi connectivity index (χ2n) is 7.53. The molecular weight excluding hydrogens is 350 g/mol. The van der Waals surface area contributed by atoms with Crippen LogP contribution in [0.2, 0.25) is 0 Å². The molecule has 0 bridgehead atoms. The molecule has 0 amide bonds. The van der Waals surface area contributed by atoms with E-state index in [4.69, 9.17) is 0 Å². The van der Waals surface area contributed by atoms with Crippen molar-refractivity contribution in [3.05, 3.63) is 59.7 Å². The molecule has 3 nitrogen and oxygen atoms in total. The summed E-state index contributed by atoms with van der Waals surface area (Å²) in [6.45, 7) is 2.30. The maximum Gasteiger partial charge on any atom is 0.204 e. The summed E-state index contributed by atoms with van der Waals surface area (Å²) in [5.41, 5.74) is 6.71. The van der Waals surface area contributed by atoms with E-state index < -0.39 is 0 Å². The van der Waals surface area contributed by atoms with Crippen LogP contribution in [0.15, 0.2) is 53.6 Å². The lowest BCUT2D eigenvalue weighted by Crippen LogP contribution is -2.13. The molecule has 0 radical (unpaired) electrons. The molecule has 1 aliphatic carbocycles. The molecular formula is C23H27N3S. The molecule has 3 aromatic rings. The molecule has 0 saturated heterocycles. The van der Waals surface area contributed by atoms with E-state index in [9.17, 15) is 0 Å². The summed E-state index contributed by atoms with van der Waals surface area (Å²) < 4.78 is 1.18. The third-order valence-corrected chi connectivity index (χ3v) is 6.53. The predicted octanol–water partition coefficient (Wildman–Crippen LogP) is 6.82. The van der Waals surface area contributed by atoms with Gasteiger partial charge in [-0.1, -0.05) is 61.4 Å². The Morgan fingerprint density at radius 1 is 1.11 bits per heavy atom. The number of nitrogens with one attached hydrogen (secondary N) is 1. The minimum atomic E-state index is 0.712. The van der Waals surface area contributed by atoms with Crippen molar-refractivity contribution in [3.63, 3.8) is 0 Å². The molecule has 4 rings (SSSR count). The van der Waals surface area contributed by atoms with Crippen molar-refractivity contribution in [2.45, 2.75) is 51.4 Å². The van der Waals surface area contributed by atoms with Crippen LogP contribution in [0.4, 0.5) is 5.13 Å². The number of nitrogens with zero attached hydrogens (tertiary/aromatic N) is 2. The Balaban J connectivity index is 1.38. The van der Waals surface area contributed by atoms with Gasteiger partial charge in [-0.05, 0) is 66.8 Å². The second kappa shape index (κ2) is 8.66. The number of para-hydroxylation sites is 1. The van der Waals surface area contributed by atoms with Crippen molar-refractivity contribution in [3.8, 4) is 0 Å². The highest BCUT2D eigenvalue weighted by Gasteiger charge is 2.21. The molecule has 1 aromatic heterocycles. The molecule has 1 aliphatic rings. The Bertz CT molecular complexity index is 874. The van der Waals surface area contributed by atoms with Crippen LogP contribution in [0, 0.1) is 5.92 Å². The van der Waals surface area contributed by atoms with Crippen LogP contribution in [0.3, 0.4) is 0 Å². The zero-order chi connectivity index (χ0) is 18.5. The van der Waals surface area contributed by atoms with Gasteiger partial charge in [0.25, 0.3) is 0 Å². The Hall–Kier alpha value is -2.20. The number of thiazole rings is 1. The number of benzene rings is 2. The number of fused-ring (bicyclic) bond motifs is 1. The van der Waals surface area contributed by atoms with E-state index >= 15 is 0 Å². The molecule has 1 heterocycles. The van der Waals surface area contributed by atoms with E-state index in [0.29, 0.717) is 5.92 Å². The number of aromatic nitrogens is 1. The lowest BCUT2D eigenvalue weighted by atomic mass is 9.77. The van der Waals surface area contributed by atoms with Crippen molar-refractivity contribution in [1.29, 1.82) is 0 Å². The zero-order valence-corrected chi connectivity index (χ0v) is 16.7. The number of hydrazone groups is 1. The number of anilines is 1. The third kappa shape index (κ3) is 4.56. The van der Waals surface area contributed by atoms with Gasteiger partial charge in [-0.25, -0.2) is 4.98 Å². The SMILES string of the molecule is CCCC1CCC(c2cccc(/C=N/Nc3nc4ccccc4s3)c2)CC1. The highest BCUT2D eigenvalue weighted by atomic mass is 32.1. The summed E-state index contributed by atoms with van der Waals surface area (Å²) in [6, 6.07) is 17.0. The summed E-state index contributed by atoms with van der Waals surface area (Å²) in [4.78, 5) is 4.55. The molecule has 1 saturated carbocycles. The van der Waals surface area contributed by atoms with E-state index in [1.807, 2.05) is 24.4 Å². The third-order valence-electron chi connectivity index (χ3n) is 5.59. The average molecular weight is 378 g/mol. The van der Waals surface area contributed by atoms with Gasteiger partial charge < -0.3 is 0 Å². The molecule has 0 atom stereocenters. The molecule has 1 N–H and O–H groups in total. The van der Waals surface area contributed by atoms with E-state index in [0.717, 1.165) is 22.1 Å². The molecule has 140 valence electrons. The Labute approximate surface area is 165 Å². The Kier molecular flexibility index (Phi) is 5.83. The predicted molar refractivity (Wildman–Crippen MR) is 117 cm³/mol. The van der Waals surface area contributed by atoms with Gasteiger partial charge in [0.15, 0.2) is 0 Å². The van der Waals surface area contributed by atoms with Crippen LogP contribution in [0.5, 0.6) is 0 Å². The standard InChI is InChI=1S/C23H27N3S/c1-2-6-17-11-13-19(14-12-17)20-8-5-7-18(15-20)16-24-26-23-25-21-9-3-4-10-22(21)27-23/h3-5,7-10,15-17,19H,2,6,11-14H2,1H3,(H,25,26)/b24-16+. The summed E-state index contributed by atoms with van der Waals surface area (Å²) >= 11 is 1.63. The first kappa shape index (κ1) is 18.2. The highest BCUT2D eigenvalue weighted by molar-refractivity contribution is 7.22. The fourth-order valence-electron chi connectivity index (χ4n) is 4.17. The second-order valence-corrected chi connectivity index (χ2v) is 8.56. The smallest absolute Gasteiger partial charge is 0.204 e. The molecule has 0 unspecified atom stereocenters. The average Bonchev–Trinajstić information content (AvgIpc) is 3.12. The van der Waals surface area contributed by atoms with E-state index in [2.05, 4.69) is 52.8 Å². The van der Waals surface area contributed by atoms with Gasteiger partial charge in [-0.3, -0.25) is 5.43 Å². The fourth-order valence-corrected chi connectivity index (χ4v) is 4.98. The van der Waals surface area contributed by atoms with Gasteiger partial charge in [-0.2, -0.15) is 5.10 Å². The Morgan fingerprint density at radius 2 is 1.96 bits per heavy atom. The Morgan fingerprint density at radius 3 is 2.78 bits per heavy atom. The topological polar surface area (TPSA) is 37.3 Å². The molecule has 0 aliphatic heterocycles. The van der Waals surface area contributed by atoms with Crippen molar-refractivity contribution in [2.24, 2.45) is 11.0 Å². The van der Waals surface area contributed by atoms with Crippen molar-refractivity contribution < 1.29 is 0 Å². The first-order chi connectivity index (χ1) is 13.3. The van der Waals surface area contributed by atoms with Crippen LogP contribution in [-0.2, 0) is 0 Å². The minimum Gasteiger partial charge on any atom is -0.253 e. The van der Waals surface area contributed by atoms with E-state index in [-0.39, 0.29) is 0 Å². The number of hydrogen-bond donors (Lipinski definition) is 1. The van der Waals surface area contributed by atoms with Crippen molar-refractivity contribution in [2.75, 3.05) is 5.43 Å². The molecule has 27 heavy (non-hydrogen) atoms. The van der Waals surface area contributed by atoms with Crippen molar-refractivity contribution in [1.82, 2.24) is 4.98 Å². The molecule has 2 aromatic carbocycles. The summed E-state index contributed by atoms with van der Waals surface area (Å²) in [7, 11) is 0. The lowest BCUT2D eigenvalue weighted by Gasteiger charge is -2.28. The first-order valence-electron chi connectivity index (χ1n) is 10.1.